The summed E-state index contributed by atoms with van der Waals surface area (Å²) >= 11 is 0. The first kappa shape index (κ1) is 25.7. The van der Waals surface area contributed by atoms with Crippen LogP contribution >= 0.6 is 0 Å². The predicted octanol–water partition coefficient (Wildman–Crippen LogP) is 4.69. The average molecular weight is 515 g/mol. The Morgan fingerprint density at radius 1 is 1.08 bits per heavy atom. The van der Waals surface area contributed by atoms with Crippen LogP contribution in [-0.2, 0) is 9.47 Å². The molecule has 0 aliphatic carbocycles. The summed E-state index contributed by atoms with van der Waals surface area (Å²) < 4.78 is 12.6. The molecule has 4 heterocycles. The number of pyridine rings is 2. The molecule has 4 aromatic rings. The maximum Gasteiger partial charge on any atom is 0.357 e. The van der Waals surface area contributed by atoms with Crippen molar-refractivity contribution in [2.24, 2.45) is 0 Å². The zero-order valence-electron chi connectivity index (χ0n) is 22.6. The molecule has 0 spiro atoms. The van der Waals surface area contributed by atoms with Crippen LogP contribution in [0.4, 0.5) is 11.5 Å². The molecule has 9 heteroatoms. The molecule has 198 valence electrons. The van der Waals surface area contributed by atoms with E-state index in [4.69, 9.17) is 24.5 Å². The zero-order chi connectivity index (χ0) is 26.8. The summed E-state index contributed by atoms with van der Waals surface area (Å²) in [7, 11) is 3.89. The normalized spacial score (nSPS) is 13.8. The molecule has 9 nitrogen and oxygen atoms in total. The van der Waals surface area contributed by atoms with Gasteiger partial charge in [-0.05, 0) is 54.3 Å². The summed E-state index contributed by atoms with van der Waals surface area (Å²) in [5, 5.41) is 5.89. The molecule has 5 rings (SSSR count). The fraction of sp³-hybridized carbons (Fsp3) is 0.379. The van der Waals surface area contributed by atoms with Crippen molar-refractivity contribution in [1.82, 2.24) is 19.7 Å². The minimum atomic E-state index is -0.463. The van der Waals surface area contributed by atoms with Crippen molar-refractivity contribution in [3.63, 3.8) is 0 Å². The lowest BCUT2D eigenvalue weighted by molar-refractivity contribution is 0.0520. The fourth-order valence-corrected chi connectivity index (χ4v) is 4.70. The number of benzene rings is 1. The summed E-state index contributed by atoms with van der Waals surface area (Å²) in [6.45, 7) is 9.49. The molecule has 3 aromatic heterocycles. The second-order valence-electron chi connectivity index (χ2n) is 9.82. The minimum absolute atomic E-state index is 0.123. The standard InChI is InChI=1S/C29H34N6O3/c1-6-38-29(36)23-18-22(20-10-12-21(13-11-20)34-14-16-37-17-15-34)26-27(19(2)3)32-35(28(26)30-23)25-9-7-8-24(31-25)33(4)5/h7-13,18-19H,6,14-17H2,1-5H3. The lowest BCUT2D eigenvalue weighted by Gasteiger charge is -2.29. The molecule has 0 bridgehead atoms. The molecule has 1 aliphatic rings. The third-order valence-corrected chi connectivity index (χ3v) is 6.65. The Morgan fingerprint density at radius 3 is 2.47 bits per heavy atom. The van der Waals surface area contributed by atoms with Gasteiger partial charge in [0.05, 0.1) is 30.9 Å². The smallest absolute Gasteiger partial charge is 0.357 e. The van der Waals surface area contributed by atoms with Crippen molar-refractivity contribution >= 4 is 28.5 Å². The molecule has 0 N–H and O–H groups in total. The van der Waals surface area contributed by atoms with Crippen molar-refractivity contribution < 1.29 is 14.3 Å². The Bertz CT molecular complexity index is 1440. The lowest BCUT2D eigenvalue weighted by Crippen LogP contribution is -2.36. The number of aromatic nitrogens is 4. The third-order valence-electron chi connectivity index (χ3n) is 6.65. The van der Waals surface area contributed by atoms with Crippen LogP contribution in [0.3, 0.4) is 0 Å². The summed E-state index contributed by atoms with van der Waals surface area (Å²) in [5.41, 5.74) is 4.74. The van der Waals surface area contributed by atoms with Gasteiger partial charge in [-0.1, -0.05) is 32.0 Å². The van der Waals surface area contributed by atoms with Gasteiger partial charge in [0, 0.05) is 32.9 Å². The van der Waals surface area contributed by atoms with E-state index in [0.29, 0.717) is 11.5 Å². The first-order chi connectivity index (χ1) is 18.4. The van der Waals surface area contributed by atoms with E-state index in [1.165, 1.54) is 0 Å². The third kappa shape index (κ3) is 4.93. The van der Waals surface area contributed by atoms with Crippen LogP contribution in [0.5, 0.6) is 0 Å². The molecule has 0 atom stereocenters. The number of nitrogens with zero attached hydrogens (tertiary/aromatic N) is 6. The molecule has 1 fully saturated rings. The molecule has 1 saturated heterocycles. The number of rotatable bonds is 7. The Kier molecular flexibility index (Phi) is 7.28. The molecule has 0 radical (unpaired) electrons. The van der Waals surface area contributed by atoms with E-state index in [-0.39, 0.29) is 18.2 Å². The molecular weight excluding hydrogens is 480 g/mol. The number of hydrogen-bond acceptors (Lipinski definition) is 8. The molecule has 0 amide bonds. The van der Waals surface area contributed by atoms with Gasteiger partial charge in [-0.15, -0.1) is 0 Å². The van der Waals surface area contributed by atoms with Crippen LogP contribution < -0.4 is 9.80 Å². The summed E-state index contributed by atoms with van der Waals surface area (Å²) in [5.74, 6) is 1.10. The van der Waals surface area contributed by atoms with Crippen molar-refractivity contribution in [3.8, 4) is 16.9 Å². The van der Waals surface area contributed by atoms with Gasteiger partial charge in [-0.25, -0.2) is 14.8 Å². The molecule has 1 aromatic carbocycles. The van der Waals surface area contributed by atoms with Gasteiger partial charge in [0.1, 0.15) is 5.82 Å². The molecule has 0 unspecified atom stereocenters. The second kappa shape index (κ2) is 10.8. The largest absolute Gasteiger partial charge is 0.461 e. The topological polar surface area (TPSA) is 85.6 Å². The minimum Gasteiger partial charge on any atom is -0.461 e. The van der Waals surface area contributed by atoms with Crippen molar-refractivity contribution in [3.05, 3.63) is 59.9 Å². The van der Waals surface area contributed by atoms with Crippen LogP contribution in [0.15, 0.2) is 48.5 Å². The average Bonchev–Trinajstić information content (AvgIpc) is 3.33. The number of carbonyl (C=O) groups excluding carboxylic acids is 1. The number of ether oxygens (including phenoxy) is 2. The molecular formula is C29H34N6O3. The van der Waals surface area contributed by atoms with Crippen LogP contribution in [0.2, 0.25) is 0 Å². The van der Waals surface area contributed by atoms with E-state index in [9.17, 15) is 4.79 Å². The highest BCUT2D eigenvalue weighted by Gasteiger charge is 2.24. The van der Waals surface area contributed by atoms with E-state index in [1.54, 1.807) is 11.6 Å². The Balaban J connectivity index is 1.72. The van der Waals surface area contributed by atoms with E-state index in [2.05, 4.69) is 43.0 Å². The van der Waals surface area contributed by atoms with Crippen LogP contribution in [0.25, 0.3) is 28.0 Å². The predicted molar refractivity (Wildman–Crippen MR) is 150 cm³/mol. The van der Waals surface area contributed by atoms with E-state index < -0.39 is 5.97 Å². The quantitative estimate of drug-likeness (QED) is 0.329. The maximum atomic E-state index is 12.9. The number of anilines is 2. The van der Waals surface area contributed by atoms with Crippen molar-refractivity contribution in [2.45, 2.75) is 26.7 Å². The van der Waals surface area contributed by atoms with Gasteiger partial charge in [0.2, 0.25) is 0 Å². The summed E-state index contributed by atoms with van der Waals surface area (Å²) in [4.78, 5) is 26.7. The van der Waals surface area contributed by atoms with Crippen molar-refractivity contribution in [1.29, 1.82) is 0 Å². The zero-order valence-corrected chi connectivity index (χ0v) is 22.6. The van der Waals surface area contributed by atoms with Gasteiger partial charge in [-0.3, -0.25) is 0 Å². The SMILES string of the molecule is CCOC(=O)c1cc(-c2ccc(N3CCOCC3)cc2)c2c(C(C)C)nn(-c3cccc(N(C)C)n3)c2n1. The number of hydrogen-bond donors (Lipinski definition) is 0. The first-order valence-corrected chi connectivity index (χ1v) is 13.1. The molecule has 38 heavy (non-hydrogen) atoms. The van der Waals surface area contributed by atoms with Gasteiger partial charge < -0.3 is 19.3 Å². The number of carbonyl (C=O) groups is 1. The van der Waals surface area contributed by atoms with Crippen molar-refractivity contribution in [2.75, 3.05) is 56.8 Å². The summed E-state index contributed by atoms with van der Waals surface area (Å²) in [6, 6.07) is 16.1. The number of morpholine rings is 1. The Hall–Kier alpha value is -3.98. The first-order valence-electron chi connectivity index (χ1n) is 13.1. The highest BCUT2D eigenvalue weighted by atomic mass is 16.5. The van der Waals surface area contributed by atoms with Gasteiger partial charge in [0.25, 0.3) is 0 Å². The van der Waals surface area contributed by atoms with Gasteiger partial charge in [-0.2, -0.15) is 9.78 Å². The lowest BCUT2D eigenvalue weighted by atomic mass is 9.97. The van der Waals surface area contributed by atoms with Gasteiger partial charge in [0.15, 0.2) is 17.2 Å². The van der Waals surface area contributed by atoms with Crippen LogP contribution in [-0.4, -0.2) is 72.7 Å². The Morgan fingerprint density at radius 2 is 1.82 bits per heavy atom. The monoisotopic (exact) mass is 514 g/mol. The highest BCUT2D eigenvalue weighted by Crippen LogP contribution is 2.36. The molecule has 0 saturated carbocycles. The van der Waals surface area contributed by atoms with E-state index >= 15 is 0 Å². The number of esters is 1. The highest BCUT2D eigenvalue weighted by molar-refractivity contribution is 6.00. The van der Waals surface area contributed by atoms with E-state index in [0.717, 1.165) is 60.0 Å². The summed E-state index contributed by atoms with van der Waals surface area (Å²) in [6.07, 6.45) is 0. The van der Waals surface area contributed by atoms with Crippen LogP contribution in [0.1, 0.15) is 42.9 Å². The van der Waals surface area contributed by atoms with Crippen LogP contribution in [0, 0.1) is 0 Å². The second-order valence-corrected chi connectivity index (χ2v) is 9.82. The Labute approximate surface area is 223 Å². The molecule has 1 aliphatic heterocycles. The fourth-order valence-electron chi connectivity index (χ4n) is 4.70. The number of fused-ring (bicyclic) bond motifs is 1. The van der Waals surface area contributed by atoms with E-state index in [1.807, 2.05) is 43.3 Å². The van der Waals surface area contributed by atoms with Gasteiger partial charge >= 0.3 is 5.97 Å². The maximum absolute atomic E-state index is 12.9.